The second-order valence-electron chi connectivity index (χ2n) is 4.48. The number of nitrogens with one attached hydrogen (secondary N) is 1. The molecule has 1 aromatic carbocycles. The van der Waals surface area contributed by atoms with Crippen LogP contribution in [0.15, 0.2) is 29.4 Å². The molecule has 1 aromatic heterocycles. The van der Waals surface area contributed by atoms with Crippen LogP contribution >= 0.6 is 22.9 Å². The number of thiophene rings is 1. The van der Waals surface area contributed by atoms with Gasteiger partial charge >= 0.3 is 0 Å². The fourth-order valence-electron chi connectivity index (χ4n) is 1.71. The molecule has 0 saturated carbocycles. The Labute approximate surface area is 131 Å². The highest BCUT2D eigenvalue weighted by atomic mass is 35.5. The van der Waals surface area contributed by atoms with E-state index in [1.807, 2.05) is 19.9 Å². The van der Waals surface area contributed by atoms with Crippen molar-refractivity contribution in [1.82, 2.24) is 0 Å². The summed E-state index contributed by atoms with van der Waals surface area (Å²) in [5.74, 6) is -0.292. The molecule has 1 heterocycles. The molecule has 21 heavy (non-hydrogen) atoms. The number of aryl methyl sites for hydroxylation is 2. The zero-order valence-corrected chi connectivity index (χ0v) is 13.0. The van der Waals surface area contributed by atoms with Gasteiger partial charge in [-0.3, -0.25) is 4.79 Å². The van der Waals surface area contributed by atoms with Crippen LogP contribution in [0.3, 0.4) is 0 Å². The van der Waals surface area contributed by atoms with Gasteiger partial charge in [-0.15, -0.1) is 11.3 Å². The Balaban J connectivity index is 2.28. The molecule has 7 heteroatoms. The van der Waals surface area contributed by atoms with E-state index in [9.17, 15) is 4.79 Å². The molecule has 2 rings (SSSR count). The first-order valence-corrected chi connectivity index (χ1v) is 7.27. The van der Waals surface area contributed by atoms with Crippen molar-refractivity contribution < 1.29 is 10.0 Å². The van der Waals surface area contributed by atoms with Crippen LogP contribution in [0.1, 0.15) is 25.7 Å². The number of amidine groups is 1. The van der Waals surface area contributed by atoms with E-state index in [0.717, 1.165) is 10.4 Å². The summed E-state index contributed by atoms with van der Waals surface area (Å²) in [6, 6.07) is 6.57. The molecule has 0 aliphatic carbocycles. The number of hydrogen-bond donors (Lipinski definition) is 3. The molecular formula is C14H14ClN3O2S. The van der Waals surface area contributed by atoms with E-state index in [4.69, 9.17) is 22.5 Å². The first kappa shape index (κ1) is 15.3. The Bertz CT molecular complexity index is 706. The molecule has 1 amide bonds. The van der Waals surface area contributed by atoms with Crippen molar-refractivity contribution >= 4 is 40.4 Å². The van der Waals surface area contributed by atoms with Gasteiger partial charge in [-0.2, -0.15) is 0 Å². The second kappa shape index (κ2) is 6.15. The molecule has 0 spiro atoms. The number of rotatable bonds is 3. The summed E-state index contributed by atoms with van der Waals surface area (Å²) < 4.78 is 0. The third-order valence-electron chi connectivity index (χ3n) is 3.01. The van der Waals surface area contributed by atoms with Crippen LogP contribution in [0.25, 0.3) is 0 Å². The Morgan fingerprint density at radius 2 is 2.10 bits per heavy atom. The third-order valence-corrected chi connectivity index (χ3v) is 4.49. The summed E-state index contributed by atoms with van der Waals surface area (Å²) in [6.45, 7) is 3.91. The van der Waals surface area contributed by atoms with Gasteiger partial charge in [0.25, 0.3) is 5.91 Å². The van der Waals surface area contributed by atoms with Crippen LogP contribution in [0, 0.1) is 13.8 Å². The number of carbonyl (C=O) groups excluding carboxylic acids is 1. The normalized spacial score (nSPS) is 11.5. The number of amides is 1. The Morgan fingerprint density at radius 1 is 1.38 bits per heavy atom. The molecule has 0 radical (unpaired) electrons. The van der Waals surface area contributed by atoms with Crippen molar-refractivity contribution in [3.63, 3.8) is 0 Å². The average molecular weight is 324 g/mol. The largest absolute Gasteiger partial charge is 0.409 e. The quantitative estimate of drug-likeness (QED) is 0.350. The number of oxime groups is 1. The van der Waals surface area contributed by atoms with Crippen LogP contribution < -0.4 is 11.1 Å². The van der Waals surface area contributed by atoms with Crippen molar-refractivity contribution in [2.24, 2.45) is 10.9 Å². The molecule has 0 aliphatic heterocycles. The first-order chi connectivity index (χ1) is 9.92. The van der Waals surface area contributed by atoms with Crippen LogP contribution in [0.4, 0.5) is 5.69 Å². The number of hydrogen-bond acceptors (Lipinski definition) is 4. The molecule has 110 valence electrons. The van der Waals surface area contributed by atoms with E-state index >= 15 is 0 Å². The van der Waals surface area contributed by atoms with Crippen LogP contribution in [-0.2, 0) is 0 Å². The van der Waals surface area contributed by atoms with Gasteiger partial charge in [0.15, 0.2) is 5.84 Å². The van der Waals surface area contributed by atoms with Crippen molar-refractivity contribution in [3.05, 3.63) is 50.2 Å². The predicted molar refractivity (Wildman–Crippen MR) is 85.7 cm³/mol. The summed E-state index contributed by atoms with van der Waals surface area (Å²) >= 11 is 7.48. The SMILES string of the molecule is Cc1cc(C(=O)Nc2cc(/C(N)=N/O)ccc2Cl)sc1C. The van der Waals surface area contributed by atoms with Crippen molar-refractivity contribution in [3.8, 4) is 0 Å². The zero-order valence-electron chi connectivity index (χ0n) is 11.5. The number of halogens is 1. The topological polar surface area (TPSA) is 87.7 Å². The standard InChI is InChI=1S/C14H14ClN3O2S/c1-7-5-12(21-8(7)2)14(19)17-11-6-9(13(16)18-20)3-4-10(11)15/h3-6,20H,1-2H3,(H2,16,18)(H,17,19). The van der Waals surface area contributed by atoms with Gasteiger partial charge in [-0.1, -0.05) is 16.8 Å². The van der Waals surface area contributed by atoms with E-state index < -0.39 is 0 Å². The van der Waals surface area contributed by atoms with Gasteiger partial charge in [-0.05, 0) is 43.7 Å². The molecule has 0 bridgehead atoms. The first-order valence-electron chi connectivity index (χ1n) is 6.08. The minimum absolute atomic E-state index is 0.0509. The van der Waals surface area contributed by atoms with E-state index in [1.165, 1.54) is 11.3 Å². The molecule has 5 nitrogen and oxygen atoms in total. The van der Waals surface area contributed by atoms with Crippen molar-refractivity contribution in [1.29, 1.82) is 0 Å². The van der Waals surface area contributed by atoms with Gasteiger partial charge in [0.1, 0.15) is 0 Å². The summed E-state index contributed by atoms with van der Waals surface area (Å²) in [7, 11) is 0. The lowest BCUT2D eigenvalue weighted by Crippen LogP contribution is -2.15. The highest BCUT2D eigenvalue weighted by Gasteiger charge is 2.13. The molecule has 0 aliphatic rings. The second-order valence-corrected chi connectivity index (χ2v) is 6.15. The number of benzene rings is 1. The zero-order chi connectivity index (χ0) is 15.6. The Hall–Kier alpha value is -2.05. The number of nitrogens with two attached hydrogens (primary N) is 1. The molecule has 4 N–H and O–H groups in total. The molecule has 2 aromatic rings. The van der Waals surface area contributed by atoms with Gasteiger partial charge in [0, 0.05) is 10.4 Å². The Morgan fingerprint density at radius 3 is 2.67 bits per heavy atom. The average Bonchev–Trinajstić information content (AvgIpc) is 2.80. The van der Waals surface area contributed by atoms with Crippen LogP contribution in [-0.4, -0.2) is 17.0 Å². The van der Waals surface area contributed by atoms with Gasteiger partial charge < -0.3 is 16.3 Å². The fourth-order valence-corrected chi connectivity index (χ4v) is 2.80. The van der Waals surface area contributed by atoms with Crippen LogP contribution in [0.2, 0.25) is 5.02 Å². The van der Waals surface area contributed by atoms with E-state index in [1.54, 1.807) is 18.2 Å². The van der Waals surface area contributed by atoms with E-state index in [0.29, 0.717) is 21.2 Å². The van der Waals surface area contributed by atoms with Gasteiger partial charge in [0.05, 0.1) is 15.6 Å². The maximum absolute atomic E-state index is 12.2. The number of carbonyl (C=O) groups is 1. The summed E-state index contributed by atoms with van der Waals surface area (Å²) in [4.78, 5) is 13.9. The summed E-state index contributed by atoms with van der Waals surface area (Å²) in [5, 5.41) is 14.7. The van der Waals surface area contributed by atoms with E-state index in [-0.39, 0.29) is 11.7 Å². The minimum atomic E-state index is -0.241. The molecular weight excluding hydrogens is 310 g/mol. The lowest BCUT2D eigenvalue weighted by Gasteiger charge is -2.08. The monoisotopic (exact) mass is 323 g/mol. The lowest BCUT2D eigenvalue weighted by atomic mass is 10.2. The minimum Gasteiger partial charge on any atom is -0.409 e. The summed E-state index contributed by atoms with van der Waals surface area (Å²) in [6.07, 6.45) is 0. The van der Waals surface area contributed by atoms with Crippen molar-refractivity contribution in [2.45, 2.75) is 13.8 Å². The third kappa shape index (κ3) is 3.34. The Kier molecular flexibility index (Phi) is 4.50. The van der Waals surface area contributed by atoms with Crippen LogP contribution in [0.5, 0.6) is 0 Å². The molecule has 0 fully saturated rings. The summed E-state index contributed by atoms with van der Waals surface area (Å²) in [5.41, 5.74) is 7.48. The predicted octanol–water partition coefficient (Wildman–Crippen LogP) is 3.37. The highest BCUT2D eigenvalue weighted by Crippen LogP contribution is 2.26. The molecule has 0 atom stereocenters. The molecule has 0 unspecified atom stereocenters. The fraction of sp³-hybridized carbons (Fsp3) is 0.143. The maximum atomic E-state index is 12.2. The van der Waals surface area contributed by atoms with Crippen molar-refractivity contribution in [2.75, 3.05) is 5.32 Å². The van der Waals surface area contributed by atoms with E-state index in [2.05, 4.69) is 10.5 Å². The maximum Gasteiger partial charge on any atom is 0.265 e. The molecule has 0 saturated heterocycles. The smallest absolute Gasteiger partial charge is 0.265 e. The number of nitrogens with zero attached hydrogens (tertiary/aromatic N) is 1. The van der Waals surface area contributed by atoms with Gasteiger partial charge in [0.2, 0.25) is 0 Å². The number of anilines is 1. The van der Waals surface area contributed by atoms with Gasteiger partial charge in [-0.25, -0.2) is 0 Å². The lowest BCUT2D eigenvalue weighted by molar-refractivity contribution is 0.103. The highest BCUT2D eigenvalue weighted by molar-refractivity contribution is 7.14.